The van der Waals surface area contributed by atoms with Crippen LogP contribution in [0.4, 0.5) is 0 Å². The first-order valence-corrected chi connectivity index (χ1v) is 7.34. The lowest BCUT2D eigenvalue weighted by molar-refractivity contribution is 0.190. The minimum atomic E-state index is 0.296. The van der Waals surface area contributed by atoms with Gasteiger partial charge < -0.3 is 10.1 Å². The molecule has 1 aromatic heterocycles. The number of hydrogen-bond acceptors (Lipinski definition) is 3. The smallest absolute Gasteiger partial charge is 0.0587 e. The van der Waals surface area contributed by atoms with Crippen LogP contribution in [0.25, 0.3) is 0 Å². The second-order valence-corrected chi connectivity index (χ2v) is 5.61. The molecular formula is C15H29N3O. The van der Waals surface area contributed by atoms with Crippen LogP contribution in [0.1, 0.15) is 39.2 Å². The normalized spacial score (nSPS) is 14.5. The number of aryl methyl sites for hydroxylation is 1. The zero-order chi connectivity index (χ0) is 14.1. The Bertz CT molecular complexity index is 351. The molecule has 19 heavy (non-hydrogen) atoms. The summed E-state index contributed by atoms with van der Waals surface area (Å²) in [5.41, 5.74) is 1.63. The lowest BCUT2D eigenvalue weighted by Gasteiger charge is -2.29. The summed E-state index contributed by atoms with van der Waals surface area (Å²) in [5.74, 6) is 0. The maximum Gasteiger partial charge on any atom is 0.0587 e. The van der Waals surface area contributed by atoms with Crippen LogP contribution in [0.5, 0.6) is 0 Å². The molecule has 1 unspecified atom stereocenters. The first-order chi connectivity index (χ1) is 9.13. The quantitative estimate of drug-likeness (QED) is 0.662. The molecule has 1 aromatic rings. The first kappa shape index (κ1) is 16.2. The van der Waals surface area contributed by atoms with Crippen molar-refractivity contribution in [2.24, 2.45) is 5.41 Å². The second kappa shape index (κ2) is 8.33. The molecule has 1 atom stereocenters. The van der Waals surface area contributed by atoms with Crippen LogP contribution in [0.3, 0.4) is 0 Å². The summed E-state index contributed by atoms with van der Waals surface area (Å²) in [6.07, 6.45) is 7.70. The first-order valence-electron chi connectivity index (χ1n) is 7.34. The third-order valence-electron chi connectivity index (χ3n) is 3.53. The summed E-state index contributed by atoms with van der Waals surface area (Å²) in [5, 5.41) is 7.87. The molecule has 4 nitrogen and oxygen atoms in total. The van der Waals surface area contributed by atoms with E-state index in [1.807, 2.05) is 10.9 Å². The zero-order valence-electron chi connectivity index (χ0n) is 12.9. The summed E-state index contributed by atoms with van der Waals surface area (Å²) in [6.45, 7) is 10.4. The summed E-state index contributed by atoms with van der Waals surface area (Å²) in [6, 6.07) is 0. The van der Waals surface area contributed by atoms with Gasteiger partial charge in [-0.1, -0.05) is 20.3 Å². The Labute approximate surface area is 117 Å². The van der Waals surface area contributed by atoms with Crippen molar-refractivity contribution < 1.29 is 4.74 Å². The lowest BCUT2D eigenvalue weighted by atomic mass is 9.80. The average molecular weight is 267 g/mol. The third kappa shape index (κ3) is 5.74. The molecule has 1 heterocycles. The largest absolute Gasteiger partial charge is 0.383 e. The molecule has 0 aliphatic rings. The number of rotatable bonds is 10. The Morgan fingerprint density at radius 2 is 2.21 bits per heavy atom. The average Bonchev–Trinajstić information content (AvgIpc) is 2.82. The van der Waals surface area contributed by atoms with Crippen molar-refractivity contribution in [3.8, 4) is 0 Å². The zero-order valence-corrected chi connectivity index (χ0v) is 12.9. The highest BCUT2D eigenvalue weighted by atomic mass is 16.5. The molecule has 0 radical (unpaired) electrons. The summed E-state index contributed by atoms with van der Waals surface area (Å²) < 4.78 is 7.08. The molecule has 0 aromatic carbocycles. The number of methoxy groups -OCH3 is 1. The van der Waals surface area contributed by atoms with Gasteiger partial charge in [0.15, 0.2) is 0 Å². The topological polar surface area (TPSA) is 39.1 Å². The van der Waals surface area contributed by atoms with E-state index < -0.39 is 0 Å². The summed E-state index contributed by atoms with van der Waals surface area (Å²) in [7, 11) is 1.74. The molecule has 0 aliphatic carbocycles. The number of hydrogen-bond donors (Lipinski definition) is 1. The molecule has 0 spiro atoms. The molecule has 0 fully saturated rings. The molecular weight excluding hydrogens is 238 g/mol. The van der Waals surface area contributed by atoms with Gasteiger partial charge in [0.1, 0.15) is 0 Å². The van der Waals surface area contributed by atoms with Gasteiger partial charge in [-0.25, -0.2) is 0 Å². The number of nitrogens with zero attached hydrogens (tertiary/aromatic N) is 2. The van der Waals surface area contributed by atoms with Gasteiger partial charge in [0.2, 0.25) is 0 Å². The monoisotopic (exact) mass is 267 g/mol. The van der Waals surface area contributed by atoms with Crippen molar-refractivity contribution in [3.63, 3.8) is 0 Å². The second-order valence-electron chi connectivity index (χ2n) is 5.61. The molecule has 1 N–H and O–H groups in total. The van der Waals surface area contributed by atoms with Crippen molar-refractivity contribution >= 4 is 0 Å². The minimum absolute atomic E-state index is 0.296. The van der Waals surface area contributed by atoms with Crippen molar-refractivity contribution in [1.29, 1.82) is 0 Å². The molecule has 1 rings (SSSR count). The Morgan fingerprint density at radius 3 is 2.79 bits per heavy atom. The lowest BCUT2D eigenvalue weighted by Crippen LogP contribution is -2.35. The summed E-state index contributed by atoms with van der Waals surface area (Å²) in [4.78, 5) is 0. The summed E-state index contributed by atoms with van der Waals surface area (Å²) >= 11 is 0. The van der Waals surface area contributed by atoms with Gasteiger partial charge >= 0.3 is 0 Å². The fourth-order valence-electron chi connectivity index (χ4n) is 2.57. The van der Waals surface area contributed by atoms with Gasteiger partial charge in [-0.3, -0.25) is 4.68 Å². The molecule has 0 bridgehead atoms. The van der Waals surface area contributed by atoms with E-state index in [9.17, 15) is 0 Å². The van der Waals surface area contributed by atoms with Gasteiger partial charge in [-0.15, -0.1) is 0 Å². The maximum atomic E-state index is 5.08. The van der Waals surface area contributed by atoms with Gasteiger partial charge in [0, 0.05) is 32.9 Å². The fraction of sp³-hybridized carbons (Fsp3) is 0.800. The van der Waals surface area contributed by atoms with E-state index in [0.717, 1.165) is 32.7 Å². The van der Waals surface area contributed by atoms with Crippen LogP contribution in [-0.2, 0) is 17.7 Å². The van der Waals surface area contributed by atoms with E-state index in [0.29, 0.717) is 5.41 Å². The van der Waals surface area contributed by atoms with E-state index in [2.05, 4.69) is 37.4 Å². The molecule has 110 valence electrons. The van der Waals surface area contributed by atoms with Crippen LogP contribution in [-0.4, -0.2) is 36.6 Å². The van der Waals surface area contributed by atoms with Crippen LogP contribution in [0.2, 0.25) is 0 Å². The van der Waals surface area contributed by atoms with Gasteiger partial charge in [0.05, 0.1) is 12.8 Å². The van der Waals surface area contributed by atoms with Crippen LogP contribution in [0.15, 0.2) is 12.4 Å². The number of ether oxygens (including phenoxy) is 1. The van der Waals surface area contributed by atoms with E-state index in [-0.39, 0.29) is 0 Å². The Morgan fingerprint density at radius 1 is 1.42 bits per heavy atom. The highest BCUT2D eigenvalue weighted by molar-refractivity contribution is 5.07. The highest BCUT2D eigenvalue weighted by Gasteiger charge is 2.24. The van der Waals surface area contributed by atoms with Gasteiger partial charge in [-0.2, -0.15) is 5.10 Å². The number of nitrogens with one attached hydrogen (secondary N) is 1. The minimum Gasteiger partial charge on any atom is -0.383 e. The van der Waals surface area contributed by atoms with E-state index in [1.165, 1.54) is 18.4 Å². The van der Waals surface area contributed by atoms with Gasteiger partial charge in [0.25, 0.3) is 0 Å². The SMILES string of the molecule is CCCC(C)(CNCCOC)Cc1cnn(CC)c1. The molecule has 0 saturated heterocycles. The van der Waals surface area contributed by atoms with Crippen LogP contribution in [0, 0.1) is 5.41 Å². The molecule has 0 saturated carbocycles. The Kier molecular flexibility index (Phi) is 7.10. The fourth-order valence-corrected chi connectivity index (χ4v) is 2.57. The Balaban J connectivity index is 2.53. The maximum absolute atomic E-state index is 5.08. The predicted molar refractivity (Wildman–Crippen MR) is 79.4 cm³/mol. The standard InChI is InChI=1S/C15H29N3O/c1-5-7-15(3,13-16-8-9-19-4)10-14-11-17-18(6-2)12-14/h11-12,16H,5-10,13H2,1-4H3. The molecule has 4 heteroatoms. The molecule has 0 amide bonds. The Hall–Kier alpha value is -0.870. The van der Waals surface area contributed by atoms with E-state index >= 15 is 0 Å². The van der Waals surface area contributed by atoms with E-state index in [1.54, 1.807) is 7.11 Å². The molecule has 0 aliphatic heterocycles. The van der Waals surface area contributed by atoms with Gasteiger partial charge in [-0.05, 0) is 30.7 Å². The van der Waals surface area contributed by atoms with Crippen molar-refractivity contribution in [1.82, 2.24) is 15.1 Å². The van der Waals surface area contributed by atoms with Crippen LogP contribution < -0.4 is 5.32 Å². The predicted octanol–water partition coefficient (Wildman–Crippen LogP) is 2.49. The third-order valence-corrected chi connectivity index (χ3v) is 3.53. The van der Waals surface area contributed by atoms with E-state index in [4.69, 9.17) is 4.74 Å². The number of aromatic nitrogens is 2. The van der Waals surface area contributed by atoms with Crippen molar-refractivity contribution in [2.75, 3.05) is 26.8 Å². The highest BCUT2D eigenvalue weighted by Crippen LogP contribution is 2.27. The van der Waals surface area contributed by atoms with Crippen molar-refractivity contribution in [3.05, 3.63) is 18.0 Å². The van der Waals surface area contributed by atoms with Crippen LogP contribution >= 0.6 is 0 Å². The van der Waals surface area contributed by atoms with Crippen molar-refractivity contribution in [2.45, 2.75) is 46.6 Å².